The van der Waals surface area contributed by atoms with E-state index < -0.39 is 107 Å². The molecule has 2 amide bonds. The highest BCUT2D eigenvalue weighted by atomic mass is 16.7. The fourth-order valence-electron chi connectivity index (χ4n) is 11.1. The first-order valence-electron chi connectivity index (χ1n) is 26.4. The maximum Gasteiger partial charge on any atom is 0.289 e. The molecule has 0 radical (unpaired) electrons. The number of fused-ring (bicyclic) bond motifs is 3. The molecule has 9 N–H and O–H groups in total. The van der Waals surface area contributed by atoms with Crippen LogP contribution in [-0.2, 0) is 20.7 Å². The molecule has 24 nitrogen and oxygen atoms in total. The Kier molecular flexibility index (Phi) is 15.3. The van der Waals surface area contributed by atoms with E-state index in [1.807, 2.05) is 18.7 Å². The van der Waals surface area contributed by atoms with Gasteiger partial charge in [-0.05, 0) is 61.7 Å². The number of nitrogens with one attached hydrogen (secondary N) is 2. The molecule has 2 fully saturated rings. The Morgan fingerprint density at radius 2 is 1.62 bits per heavy atom. The number of aliphatic hydroxyl groups is 3. The number of ketones is 3. The Morgan fingerprint density at radius 1 is 0.889 bits per heavy atom. The van der Waals surface area contributed by atoms with Gasteiger partial charge in [0.2, 0.25) is 11.6 Å². The van der Waals surface area contributed by atoms with E-state index in [0.29, 0.717) is 55.3 Å². The van der Waals surface area contributed by atoms with Crippen molar-refractivity contribution in [3.63, 3.8) is 0 Å². The van der Waals surface area contributed by atoms with Crippen LogP contribution in [0.4, 0.5) is 5.82 Å². The van der Waals surface area contributed by atoms with Gasteiger partial charge in [0.05, 0.1) is 60.0 Å². The number of Topliss-reactive ketones (excluding diaryl/α,β-unsaturated/α-hetero) is 1. The third-order valence-electron chi connectivity index (χ3n) is 15.3. The molecular formula is C57H60N8O16. The minimum Gasteiger partial charge on any atom is -0.508 e. The third-order valence-corrected chi connectivity index (χ3v) is 15.3. The molecule has 4 heterocycles. The molecule has 2 aromatic heterocycles. The Balaban J connectivity index is 0.792. The van der Waals surface area contributed by atoms with E-state index in [1.165, 1.54) is 55.3 Å². The van der Waals surface area contributed by atoms with Gasteiger partial charge >= 0.3 is 0 Å². The van der Waals surface area contributed by atoms with Crippen molar-refractivity contribution in [1.29, 1.82) is 0 Å². The highest BCUT2D eigenvalue weighted by Crippen LogP contribution is 2.53. The van der Waals surface area contributed by atoms with Gasteiger partial charge in [0.15, 0.2) is 23.7 Å². The molecule has 0 spiro atoms. The molecule has 4 aromatic carbocycles. The molecule has 6 atom stereocenters. The predicted octanol–water partition coefficient (Wildman–Crippen LogP) is 3.84. The number of piperidine rings is 1. The van der Waals surface area contributed by atoms with Crippen LogP contribution in [0.25, 0.3) is 17.1 Å². The van der Waals surface area contributed by atoms with Crippen molar-refractivity contribution < 1.29 is 78.7 Å². The fraction of sp³-hybridized carbons (Fsp3) is 0.386. The molecule has 2 saturated heterocycles. The molecular weight excluding hydrogens is 1050 g/mol. The number of amides is 2. The van der Waals surface area contributed by atoms with Crippen molar-refractivity contribution >= 4 is 35.0 Å². The summed E-state index contributed by atoms with van der Waals surface area (Å²) in [5.41, 5.74) is -2.91. The van der Waals surface area contributed by atoms with Gasteiger partial charge in [-0.2, -0.15) is 0 Å². The summed E-state index contributed by atoms with van der Waals surface area (Å²) in [5, 5.41) is 91.9. The normalized spacial score (nSPS) is 21.7. The number of rotatable bonds is 15. The Bertz CT molecular complexity index is 3470. The zero-order chi connectivity index (χ0) is 57.8. The first-order chi connectivity index (χ1) is 38.7. The number of benzene rings is 4. The average molecular weight is 1110 g/mol. The van der Waals surface area contributed by atoms with Crippen LogP contribution in [0.15, 0.2) is 67.0 Å². The second-order valence-corrected chi connectivity index (χ2v) is 20.8. The lowest BCUT2D eigenvalue weighted by atomic mass is 9.72. The number of nitrogens with zero attached hydrogens (tertiary/aromatic N) is 6. The first-order valence-corrected chi connectivity index (χ1v) is 26.4. The number of ether oxygens (including phenoxy) is 4. The number of phenolic OH excluding ortho intramolecular Hbond substituents is 4. The number of aromatic hydroxyl groups is 4. The van der Waals surface area contributed by atoms with Crippen LogP contribution in [-0.4, -0.2) is 159 Å². The van der Waals surface area contributed by atoms with E-state index in [0.717, 1.165) is 0 Å². The lowest BCUT2D eigenvalue weighted by Gasteiger charge is -2.42. The summed E-state index contributed by atoms with van der Waals surface area (Å²) >= 11 is 0. The summed E-state index contributed by atoms with van der Waals surface area (Å²) in [4.78, 5) is 78.9. The number of aromatic nitrogens is 5. The number of hydrogen-bond acceptors (Lipinski definition) is 21. The van der Waals surface area contributed by atoms with Crippen LogP contribution < -0.4 is 25.0 Å². The van der Waals surface area contributed by atoms with E-state index in [2.05, 4.69) is 30.8 Å². The number of phenols is 4. The predicted molar refractivity (Wildman–Crippen MR) is 285 cm³/mol. The lowest BCUT2D eigenvalue weighted by Crippen LogP contribution is -2.56. The van der Waals surface area contributed by atoms with Gasteiger partial charge in [0, 0.05) is 80.2 Å². The van der Waals surface area contributed by atoms with E-state index in [4.69, 9.17) is 18.9 Å². The number of carbonyl (C=O) groups is 5. The second-order valence-electron chi connectivity index (χ2n) is 20.8. The molecule has 4 aliphatic rings. The van der Waals surface area contributed by atoms with Crippen LogP contribution in [0.1, 0.15) is 135 Å². The SMILES string of the molecule is CCNC(=O)c1nnc(-c2cc(C(C)C)c(O)cc2O)n1-c1ccc(OC2CCN(c3cnc(C(=O)NC4CC(OC5CC(O)(C(=O)CO)Cc6c(O)c7c(c(O)c65)C(=O)c5c(OC)cccc5C7=O)OC(C)C4O)cn3)CC2)cc1. The van der Waals surface area contributed by atoms with Gasteiger partial charge in [-0.3, -0.25) is 28.5 Å². The zero-order valence-corrected chi connectivity index (χ0v) is 44.7. The molecule has 6 aromatic rings. The van der Waals surface area contributed by atoms with Crippen molar-refractivity contribution in [3.8, 4) is 51.6 Å². The van der Waals surface area contributed by atoms with Crippen LogP contribution in [0.2, 0.25) is 0 Å². The van der Waals surface area contributed by atoms with Crippen LogP contribution in [0.3, 0.4) is 0 Å². The van der Waals surface area contributed by atoms with E-state index >= 15 is 0 Å². The van der Waals surface area contributed by atoms with Gasteiger partial charge in [0.25, 0.3) is 11.8 Å². The van der Waals surface area contributed by atoms with Crippen LogP contribution in [0.5, 0.6) is 34.5 Å². The van der Waals surface area contributed by atoms with Gasteiger partial charge in [-0.25, -0.2) is 9.97 Å². The smallest absolute Gasteiger partial charge is 0.289 e. The van der Waals surface area contributed by atoms with E-state index in [9.17, 15) is 59.7 Å². The van der Waals surface area contributed by atoms with Crippen LogP contribution >= 0.6 is 0 Å². The molecule has 6 unspecified atom stereocenters. The zero-order valence-electron chi connectivity index (χ0n) is 44.7. The Hall–Kier alpha value is -8.55. The van der Waals surface area contributed by atoms with E-state index in [-0.39, 0.29) is 80.9 Å². The molecule has 10 rings (SSSR count). The summed E-state index contributed by atoms with van der Waals surface area (Å²) < 4.78 is 25.6. The molecule has 0 bridgehead atoms. The summed E-state index contributed by atoms with van der Waals surface area (Å²) in [6, 6.07) is 13.2. The van der Waals surface area contributed by atoms with Crippen molar-refractivity contribution in [1.82, 2.24) is 35.4 Å². The first kappa shape index (κ1) is 55.8. The van der Waals surface area contributed by atoms with Gasteiger partial charge in [-0.1, -0.05) is 26.0 Å². The monoisotopic (exact) mass is 1110 g/mol. The molecule has 81 heavy (non-hydrogen) atoms. The van der Waals surface area contributed by atoms with E-state index in [1.54, 1.807) is 37.3 Å². The van der Waals surface area contributed by atoms with Crippen molar-refractivity contribution in [2.75, 3.05) is 38.3 Å². The summed E-state index contributed by atoms with van der Waals surface area (Å²) in [6.45, 7) is 7.43. The Morgan fingerprint density at radius 3 is 2.28 bits per heavy atom. The number of carbonyl (C=O) groups excluding carboxylic acids is 5. The average Bonchev–Trinajstić information content (AvgIpc) is 4.01. The molecule has 0 saturated carbocycles. The highest BCUT2D eigenvalue weighted by molar-refractivity contribution is 6.31. The standard InChI is InChI=1S/C57H60N8O16/c1-6-58-56(76)54-63-62-53(33-18-32(26(2)3)37(67)20-38(33)68)65(54)28-10-12-29(13-11-28)80-30-14-16-64(17-15-30)42-24-59-36(23-60-42)55(75)61-35-19-43(79-27(4)48(35)70)81-40-22-57(77,41(69)25-66)21-34-45(40)52(74)47-46(50(34)72)49(71)31-8-7-9-39(78-5)44(31)51(47)73/h7-13,18,20,23-24,26-27,30,35,40,43,48,66-68,70,72,74,77H,6,14-17,19,21-22,25H2,1-5H3,(H,58,76)(H,61,75). The highest BCUT2D eigenvalue weighted by Gasteiger charge is 2.50. The molecule has 424 valence electrons. The van der Waals surface area contributed by atoms with Gasteiger partial charge in [0.1, 0.15) is 70.4 Å². The summed E-state index contributed by atoms with van der Waals surface area (Å²) in [5.74, 6) is -4.47. The maximum atomic E-state index is 14.1. The quantitative estimate of drug-likeness (QED) is 0.0658. The topological polar surface area (TPSA) is 348 Å². The Labute approximate surface area is 462 Å². The number of hydrogen-bond donors (Lipinski definition) is 9. The fourth-order valence-corrected chi connectivity index (χ4v) is 11.1. The molecule has 2 aliphatic heterocycles. The van der Waals surface area contributed by atoms with Crippen molar-refractivity contribution in [3.05, 3.63) is 117 Å². The number of anilines is 1. The largest absolute Gasteiger partial charge is 0.508 e. The van der Waals surface area contributed by atoms with Crippen molar-refractivity contribution in [2.24, 2.45) is 0 Å². The second kappa shape index (κ2) is 22.2. The van der Waals surface area contributed by atoms with Gasteiger partial charge < -0.3 is 70.2 Å². The van der Waals surface area contributed by atoms with Crippen LogP contribution in [0, 0.1) is 0 Å². The minimum atomic E-state index is -2.39. The molecule has 24 heteroatoms. The van der Waals surface area contributed by atoms with Gasteiger partial charge in [-0.15, -0.1) is 10.2 Å². The summed E-state index contributed by atoms with van der Waals surface area (Å²) in [7, 11) is 1.30. The maximum absolute atomic E-state index is 14.1. The minimum absolute atomic E-state index is 0.00161. The molecule has 2 aliphatic carbocycles. The third kappa shape index (κ3) is 10.2. The lowest BCUT2D eigenvalue weighted by molar-refractivity contribution is -0.249. The number of methoxy groups -OCH3 is 1. The summed E-state index contributed by atoms with van der Waals surface area (Å²) in [6.07, 6.45) is -2.80. The number of aliphatic hydroxyl groups excluding tert-OH is 2. The van der Waals surface area contributed by atoms with Crippen molar-refractivity contribution in [2.45, 2.75) is 108 Å².